The molecule has 1 aliphatic heterocycles. The van der Waals surface area contributed by atoms with Crippen LogP contribution in [0, 0.1) is 0 Å². The maximum Gasteiger partial charge on any atom is 0.136 e. The second-order valence-electron chi connectivity index (χ2n) is 6.92. The minimum Gasteiger partial charge on any atom is -0.298 e. The van der Waals surface area contributed by atoms with Gasteiger partial charge in [0.2, 0.25) is 0 Å². The van der Waals surface area contributed by atoms with E-state index < -0.39 is 0 Å². The van der Waals surface area contributed by atoms with Crippen LogP contribution < -0.4 is 0 Å². The van der Waals surface area contributed by atoms with E-state index >= 15 is 0 Å². The van der Waals surface area contributed by atoms with Crippen molar-refractivity contribution < 1.29 is 0 Å². The Bertz CT molecular complexity index is 928. The van der Waals surface area contributed by atoms with Crippen molar-refractivity contribution in [3.8, 4) is 0 Å². The van der Waals surface area contributed by atoms with E-state index in [1.165, 1.54) is 5.56 Å². The molecule has 0 fully saturated rings. The molecule has 2 aromatic carbocycles. The summed E-state index contributed by atoms with van der Waals surface area (Å²) in [5, 5.41) is 1.32. The third-order valence-electron chi connectivity index (χ3n) is 4.93. The van der Waals surface area contributed by atoms with Crippen LogP contribution in [0.1, 0.15) is 28.2 Å². The topological polar surface area (TPSA) is 29.0 Å². The largest absolute Gasteiger partial charge is 0.298 e. The average molecular weight is 398 g/mol. The molecule has 1 aromatic heterocycles. The lowest BCUT2D eigenvalue weighted by Crippen LogP contribution is -2.25. The molecule has 0 N–H and O–H groups in total. The normalized spacial score (nSPS) is 14.6. The zero-order valence-corrected chi connectivity index (χ0v) is 16.5. The maximum atomic E-state index is 6.53. The van der Waals surface area contributed by atoms with Crippen molar-refractivity contribution in [2.24, 2.45) is 0 Å². The van der Waals surface area contributed by atoms with Crippen LogP contribution in [-0.2, 0) is 25.8 Å². The highest BCUT2D eigenvalue weighted by Gasteiger charge is 2.19. The van der Waals surface area contributed by atoms with Crippen LogP contribution in [0.15, 0.2) is 54.6 Å². The van der Waals surface area contributed by atoms with Crippen LogP contribution in [0.4, 0.5) is 0 Å². The molecule has 3 aromatic rings. The molecule has 5 heteroatoms. The minimum absolute atomic E-state index is 0.596. The fourth-order valence-electron chi connectivity index (χ4n) is 3.56. The van der Waals surface area contributed by atoms with Gasteiger partial charge in [-0.05, 0) is 29.7 Å². The predicted molar refractivity (Wildman–Crippen MR) is 110 cm³/mol. The molecule has 138 valence electrons. The van der Waals surface area contributed by atoms with Gasteiger partial charge in [0.25, 0.3) is 0 Å². The van der Waals surface area contributed by atoms with E-state index in [2.05, 4.69) is 40.2 Å². The summed E-state index contributed by atoms with van der Waals surface area (Å²) >= 11 is 12.6. The van der Waals surface area contributed by atoms with Gasteiger partial charge >= 0.3 is 0 Å². The molecule has 0 radical (unpaired) electrons. The van der Waals surface area contributed by atoms with Crippen LogP contribution in [0.3, 0.4) is 0 Å². The van der Waals surface area contributed by atoms with E-state index in [1.807, 2.05) is 24.3 Å². The van der Waals surface area contributed by atoms with Crippen molar-refractivity contribution in [3.05, 3.63) is 93.0 Å². The Morgan fingerprint density at radius 1 is 0.852 bits per heavy atom. The predicted octanol–water partition coefficient (Wildman–Crippen LogP) is 4.98. The van der Waals surface area contributed by atoms with Gasteiger partial charge in [-0.1, -0.05) is 65.7 Å². The third kappa shape index (κ3) is 4.67. The third-order valence-corrected chi connectivity index (χ3v) is 5.48. The molecule has 4 rings (SSSR count). The van der Waals surface area contributed by atoms with Crippen LogP contribution >= 0.6 is 23.2 Å². The van der Waals surface area contributed by atoms with Crippen molar-refractivity contribution in [1.82, 2.24) is 14.9 Å². The summed E-state index contributed by atoms with van der Waals surface area (Å²) in [6.07, 6.45) is 2.42. The van der Waals surface area contributed by atoms with Gasteiger partial charge in [-0.2, -0.15) is 0 Å². The molecule has 0 saturated heterocycles. The Balaban J connectivity index is 1.50. The van der Waals surface area contributed by atoms with Gasteiger partial charge in [-0.15, -0.1) is 0 Å². The van der Waals surface area contributed by atoms with Gasteiger partial charge in [0.15, 0.2) is 0 Å². The molecule has 1 aliphatic rings. The van der Waals surface area contributed by atoms with Crippen molar-refractivity contribution in [1.29, 1.82) is 0 Å². The number of rotatable bonds is 4. The van der Waals surface area contributed by atoms with E-state index in [0.717, 1.165) is 60.1 Å². The molecule has 0 aliphatic carbocycles. The zero-order valence-electron chi connectivity index (χ0n) is 15.0. The Morgan fingerprint density at radius 3 is 2.44 bits per heavy atom. The van der Waals surface area contributed by atoms with Gasteiger partial charge < -0.3 is 0 Å². The van der Waals surface area contributed by atoms with E-state index in [4.69, 9.17) is 28.2 Å². The minimum atomic E-state index is 0.596. The number of halogens is 2. The lowest BCUT2D eigenvalue weighted by molar-refractivity contribution is 0.279. The SMILES string of the molecule is Clc1cccc(Cc2nc(Cl)c3c(n2)CCN(Cc2ccccc2)CC3)c1. The molecule has 0 amide bonds. The summed E-state index contributed by atoms with van der Waals surface area (Å²) in [4.78, 5) is 11.9. The number of hydrogen-bond acceptors (Lipinski definition) is 3. The summed E-state index contributed by atoms with van der Waals surface area (Å²) in [7, 11) is 0. The van der Waals surface area contributed by atoms with Crippen LogP contribution in [-0.4, -0.2) is 28.0 Å². The van der Waals surface area contributed by atoms with Gasteiger partial charge in [0.1, 0.15) is 11.0 Å². The lowest BCUT2D eigenvalue weighted by Gasteiger charge is -2.19. The fourth-order valence-corrected chi connectivity index (χ4v) is 4.07. The molecular weight excluding hydrogens is 377 g/mol. The first-order valence-electron chi connectivity index (χ1n) is 9.22. The Kier molecular flexibility index (Phi) is 5.72. The van der Waals surface area contributed by atoms with Crippen LogP contribution in [0.2, 0.25) is 10.2 Å². The first-order chi connectivity index (χ1) is 13.2. The van der Waals surface area contributed by atoms with E-state index in [0.29, 0.717) is 11.6 Å². The van der Waals surface area contributed by atoms with Gasteiger partial charge in [-0.25, -0.2) is 9.97 Å². The first-order valence-corrected chi connectivity index (χ1v) is 9.98. The molecule has 0 bridgehead atoms. The zero-order chi connectivity index (χ0) is 18.6. The van der Waals surface area contributed by atoms with Crippen LogP contribution in [0.25, 0.3) is 0 Å². The molecule has 27 heavy (non-hydrogen) atoms. The second kappa shape index (κ2) is 8.39. The number of hydrogen-bond donors (Lipinski definition) is 0. The van der Waals surface area contributed by atoms with E-state index in [-0.39, 0.29) is 0 Å². The van der Waals surface area contributed by atoms with Crippen molar-refractivity contribution in [2.45, 2.75) is 25.8 Å². The Morgan fingerprint density at radius 2 is 1.63 bits per heavy atom. The average Bonchev–Trinajstić information content (AvgIpc) is 2.86. The number of nitrogens with zero attached hydrogens (tertiary/aromatic N) is 3. The molecule has 0 unspecified atom stereocenters. The first kappa shape index (κ1) is 18.4. The number of aromatic nitrogens is 2. The van der Waals surface area contributed by atoms with Crippen molar-refractivity contribution in [3.63, 3.8) is 0 Å². The van der Waals surface area contributed by atoms with Crippen molar-refractivity contribution >= 4 is 23.2 Å². The van der Waals surface area contributed by atoms with Crippen molar-refractivity contribution in [2.75, 3.05) is 13.1 Å². The van der Waals surface area contributed by atoms with E-state index in [9.17, 15) is 0 Å². The summed E-state index contributed by atoms with van der Waals surface area (Å²) < 4.78 is 0. The second-order valence-corrected chi connectivity index (χ2v) is 7.72. The van der Waals surface area contributed by atoms with E-state index in [1.54, 1.807) is 0 Å². The monoisotopic (exact) mass is 397 g/mol. The molecule has 0 spiro atoms. The highest BCUT2D eigenvalue weighted by Crippen LogP contribution is 2.23. The lowest BCUT2D eigenvalue weighted by atomic mass is 10.1. The summed E-state index contributed by atoms with van der Waals surface area (Å²) in [6, 6.07) is 18.4. The quantitative estimate of drug-likeness (QED) is 0.581. The van der Waals surface area contributed by atoms with Gasteiger partial charge in [0, 0.05) is 43.1 Å². The summed E-state index contributed by atoms with van der Waals surface area (Å²) in [6.45, 7) is 2.90. The van der Waals surface area contributed by atoms with Gasteiger partial charge in [-0.3, -0.25) is 4.90 Å². The molecular formula is C22H21Cl2N3. The standard InChI is InChI=1S/C22H21Cl2N3/c23-18-8-4-7-17(13-18)14-21-25-20-10-12-27(11-9-19(20)22(24)26-21)15-16-5-2-1-3-6-16/h1-8,13H,9-12,14-15H2. The summed E-state index contributed by atoms with van der Waals surface area (Å²) in [5.41, 5.74) is 4.62. The molecule has 0 atom stereocenters. The Labute approximate surface area is 170 Å². The molecule has 0 saturated carbocycles. The highest BCUT2D eigenvalue weighted by molar-refractivity contribution is 6.30. The fraction of sp³-hybridized carbons (Fsp3) is 0.273. The van der Waals surface area contributed by atoms with Crippen LogP contribution in [0.5, 0.6) is 0 Å². The van der Waals surface area contributed by atoms with Gasteiger partial charge in [0.05, 0.1) is 5.69 Å². The maximum absolute atomic E-state index is 6.53. The number of fused-ring (bicyclic) bond motifs is 1. The smallest absolute Gasteiger partial charge is 0.136 e. The molecule has 3 nitrogen and oxygen atoms in total. The molecule has 2 heterocycles. The summed E-state index contributed by atoms with van der Waals surface area (Å²) in [5.74, 6) is 0.762. The Hall–Kier alpha value is -1.94. The number of benzene rings is 2. The highest BCUT2D eigenvalue weighted by atomic mass is 35.5.